The number of hydrogen-bond donors (Lipinski definition) is 0. The molecular weight excluding hydrogens is 207 g/mol. The highest BCUT2D eigenvalue weighted by atomic mass is 19.4. The molecule has 0 saturated carbocycles. The molecule has 0 radical (unpaired) electrons. The molecular formula is C9H12F3N3. The fourth-order valence-electron chi connectivity index (χ4n) is 1.31. The van der Waals surface area contributed by atoms with Gasteiger partial charge in [0.1, 0.15) is 0 Å². The molecule has 3 nitrogen and oxygen atoms in total. The largest absolute Gasteiger partial charge is 0.435 e. The van der Waals surface area contributed by atoms with E-state index in [0.717, 1.165) is 0 Å². The van der Waals surface area contributed by atoms with E-state index in [2.05, 4.69) is 10.1 Å². The minimum atomic E-state index is -4.40. The van der Waals surface area contributed by atoms with Crippen LogP contribution in [0.25, 0.3) is 0 Å². The van der Waals surface area contributed by atoms with Gasteiger partial charge in [-0.3, -0.25) is 4.68 Å². The van der Waals surface area contributed by atoms with Crippen LogP contribution in [0.2, 0.25) is 0 Å². The monoisotopic (exact) mass is 219 g/mol. The molecule has 0 aromatic carbocycles. The summed E-state index contributed by atoms with van der Waals surface area (Å²) in [6.07, 6.45) is -2.80. The van der Waals surface area contributed by atoms with Crippen molar-refractivity contribution in [1.29, 1.82) is 0 Å². The molecule has 0 atom stereocenters. The summed E-state index contributed by atoms with van der Waals surface area (Å²) in [5.41, 5.74) is -0.111. The van der Waals surface area contributed by atoms with Gasteiger partial charge in [-0.1, -0.05) is 0 Å². The second-order valence-corrected chi connectivity index (χ2v) is 3.18. The molecule has 0 aliphatic rings. The first-order chi connectivity index (χ1) is 6.88. The summed E-state index contributed by atoms with van der Waals surface area (Å²) >= 11 is 0. The van der Waals surface area contributed by atoms with E-state index in [9.17, 15) is 13.2 Å². The maximum Gasteiger partial charge on any atom is 0.435 e. The summed E-state index contributed by atoms with van der Waals surface area (Å²) in [4.78, 5) is 3.68. The average molecular weight is 219 g/mol. The Morgan fingerprint density at radius 3 is 2.53 bits per heavy atom. The Kier molecular flexibility index (Phi) is 3.16. The number of aryl methyl sites for hydroxylation is 1. The van der Waals surface area contributed by atoms with Crippen molar-refractivity contribution in [3.8, 4) is 0 Å². The fourth-order valence-corrected chi connectivity index (χ4v) is 1.31. The summed E-state index contributed by atoms with van der Waals surface area (Å²) in [5.74, 6) is 0. The van der Waals surface area contributed by atoms with E-state index in [1.54, 1.807) is 6.92 Å². The highest BCUT2D eigenvalue weighted by molar-refractivity contribution is 5.62. The molecule has 1 heterocycles. The van der Waals surface area contributed by atoms with Gasteiger partial charge < -0.3 is 4.99 Å². The second kappa shape index (κ2) is 4.04. The number of hydrogen-bond acceptors (Lipinski definition) is 2. The topological polar surface area (TPSA) is 30.2 Å². The van der Waals surface area contributed by atoms with Crippen LogP contribution in [0.3, 0.4) is 0 Å². The Morgan fingerprint density at radius 2 is 2.07 bits per heavy atom. The average Bonchev–Trinajstić information content (AvgIpc) is 2.40. The standard InChI is InChI=1S/C9H12F3N3/c1-6-7(4-5-13-2)8(9(10,11)12)14-15(6)3/h5H,4H2,1-3H3/b13-5+. The van der Waals surface area contributed by atoms with Crippen LogP contribution in [-0.2, 0) is 19.6 Å². The molecule has 0 spiro atoms. The predicted molar refractivity (Wildman–Crippen MR) is 51.1 cm³/mol. The molecule has 1 rings (SSSR count). The minimum absolute atomic E-state index is 0.158. The Morgan fingerprint density at radius 1 is 1.47 bits per heavy atom. The molecule has 0 aliphatic heterocycles. The van der Waals surface area contributed by atoms with Crippen LogP contribution in [0.1, 0.15) is 17.0 Å². The van der Waals surface area contributed by atoms with Crippen molar-refractivity contribution in [2.75, 3.05) is 7.05 Å². The van der Waals surface area contributed by atoms with E-state index in [1.807, 2.05) is 0 Å². The molecule has 0 fully saturated rings. The second-order valence-electron chi connectivity index (χ2n) is 3.18. The third-order valence-corrected chi connectivity index (χ3v) is 2.20. The van der Waals surface area contributed by atoms with Gasteiger partial charge in [0.25, 0.3) is 0 Å². The van der Waals surface area contributed by atoms with E-state index in [1.165, 1.54) is 25.0 Å². The molecule has 1 aromatic heterocycles. The van der Waals surface area contributed by atoms with Crippen LogP contribution in [0.5, 0.6) is 0 Å². The lowest BCUT2D eigenvalue weighted by atomic mass is 10.1. The molecule has 84 valence electrons. The molecule has 0 bridgehead atoms. The first-order valence-corrected chi connectivity index (χ1v) is 4.38. The summed E-state index contributed by atoms with van der Waals surface area (Å²) in [6, 6.07) is 0. The van der Waals surface area contributed by atoms with Crippen molar-refractivity contribution in [3.05, 3.63) is 17.0 Å². The van der Waals surface area contributed by atoms with Gasteiger partial charge in [0.05, 0.1) is 0 Å². The first kappa shape index (κ1) is 11.7. The molecule has 0 saturated heterocycles. The zero-order chi connectivity index (χ0) is 11.6. The fraction of sp³-hybridized carbons (Fsp3) is 0.556. The number of nitrogens with zero attached hydrogens (tertiary/aromatic N) is 3. The van der Waals surface area contributed by atoms with Gasteiger partial charge >= 0.3 is 6.18 Å². The van der Waals surface area contributed by atoms with Crippen LogP contribution < -0.4 is 0 Å². The van der Waals surface area contributed by atoms with Gasteiger partial charge in [0.2, 0.25) is 0 Å². The van der Waals surface area contributed by atoms with Crippen molar-refractivity contribution in [3.63, 3.8) is 0 Å². The molecule has 0 unspecified atom stereocenters. The quantitative estimate of drug-likeness (QED) is 0.699. The Labute approximate surface area is 85.6 Å². The smallest absolute Gasteiger partial charge is 0.301 e. The summed E-state index contributed by atoms with van der Waals surface area (Å²) in [5, 5.41) is 3.46. The van der Waals surface area contributed by atoms with Crippen LogP contribution in [0.15, 0.2) is 4.99 Å². The maximum atomic E-state index is 12.5. The molecule has 0 N–H and O–H groups in total. The number of halogens is 3. The van der Waals surface area contributed by atoms with Crippen LogP contribution in [0.4, 0.5) is 13.2 Å². The zero-order valence-corrected chi connectivity index (χ0v) is 8.76. The third kappa shape index (κ3) is 2.37. The van der Waals surface area contributed by atoms with E-state index >= 15 is 0 Å². The van der Waals surface area contributed by atoms with E-state index in [-0.39, 0.29) is 12.0 Å². The summed E-state index contributed by atoms with van der Waals surface area (Å²) in [6.45, 7) is 1.61. The van der Waals surface area contributed by atoms with E-state index < -0.39 is 11.9 Å². The molecule has 0 amide bonds. The van der Waals surface area contributed by atoms with Gasteiger partial charge in [0.15, 0.2) is 5.69 Å². The SMILES string of the molecule is C/N=C/Cc1c(C(F)(F)F)nn(C)c1C. The number of aliphatic imine (C=N–C) groups is 1. The lowest BCUT2D eigenvalue weighted by molar-refractivity contribution is -0.141. The van der Waals surface area contributed by atoms with Crippen molar-refractivity contribution in [2.45, 2.75) is 19.5 Å². The van der Waals surface area contributed by atoms with Crippen LogP contribution >= 0.6 is 0 Å². The van der Waals surface area contributed by atoms with Crippen LogP contribution in [0, 0.1) is 6.92 Å². The Balaban J connectivity index is 3.21. The first-order valence-electron chi connectivity index (χ1n) is 4.38. The van der Waals surface area contributed by atoms with Gasteiger partial charge in [-0.25, -0.2) is 0 Å². The van der Waals surface area contributed by atoms with Crippen molar-refractivity contribution < 1.29 is 13.2 Å². The minimum Gasteiger partial charge on any atom is -0.301 e. The Bertz CT molecular complexity index is 377. The number of rotatable bonds is 2. The summed E-state index contributed by atoms with van der Waals surface area (Å²) < 4.78 is 38.9. The zero-order valence-electron chi connectivity index (χ0n) is 8.76. The molecule has 0 aliphatic carbocycles. The molecule has 6 heteroatoms. The van der Waals surface area contributed by atoms with Crippen molar-refractivity contribution in [2.24, 2.45) is 12.0 Å². The highest BCUT2D eigenvalue weighted by Crippen LogP contribution is 2.32. The summed E-state index contributed by atoms with van der Waals surface area (Å²) in [7, 11) is 3.02. The number of aromatic nitrogens is 2. The molecule has 1 aromatic rings. The van der Waals surface area contributed by atoms with Crippen molar-refractivity contribution >= 4 is 6.21 Å². The van der Waals surface area contributed by atoms with E-state index in [4.69, 9.17) is 0 Å². The lowest BCUT2D eigenvalue weighted by Gasteiger charge is -2.04. The highest BCUT2D eigenvalue weighted by Gasteiger charge is 2.37. The van der Waals surface area contributed by atoms with Crippen LogP contribution in [-0.4, -0.2) is 23.0 Å². The number of alkyl halides is 3. The lowest BCUT2D eigenvalue weighted by Crippen LogP contribution is -2.09. The molecule has 15 heavy (non-hydrogen) atoms. The third-order valence-electron chi connectivity index (χ3n) is 2.20. The van der Waals surface area contributed by atoms with Crippen molar-refractivity contribution in [1.82, 2.24) is 9.78 Å². The maximum absolute atomic E-state index is 12.5. The Hall–Kier alpha value is -1.33. The van der Waals surface area contributed by atoms with Gasteiger partial charge in [-0.05, 0) is 6.92 Å². The normalized spacial score (nSPS) is 12.7. The van der Waals surface area contributed by atoms with E-state index in [0.29, 0.717) is 5.69 Å². The van der Waals surface area contributed by atoms with Gasteiger partial charge in [-0.2, -0.15) is 18.3 Å². The predicted octanol–water partition coefficient (Wildman–Crippen LogP) is 1.99. The van der Waals surface area contributed by atoms with Gasteiger partial charge in [0, 0.05) is 38.0 Å². The van der Waals surface area contributed by atoms with Gasteiger partial charge in [-0.15, -0.1) is 0 Å².